The lowest BCUT2D eigenvalue weighted by atomic mass is 10.3. The van der Waals surface area contributed by atoms with Crippen molar-refractivity contribution in [2.45, 2.75) is 5.03 Å². The van der Waals surface area contributed by atoms with E-state index in [1.807, 2.05) is 22.6 Å². The van der Waals surface area contributed by atoms with E-state index in [-0.39, 0.29) is 10.8 Å². The van der Waals surface area contributed by atoms with Gasteiger partial charge in [0.05, 0.1) is 12.0 Å². The molecule has 1 heterocycles. The van der Waals surface area contributed by atoms with Crippen LogP contribution in [0.1, 0.15) is 0 Å². The van der Waals surface area contributed by atoms with E-state index in [4.69, 9.17) is 17.3 Å². The Hall–Kier alpha value is -1.000. The van der Waals surface area contributed by atoms with Crippen LogP contribution in [0.25, 0.3) is 0 Å². The van der Waals surface area contributed by atoms with Crippen LogP contribution in [0.15, 0.2) is 29.6 Å². The third-order valence-corrected chi connectivity index (χ3v) is 4.96. The highest BCUT2D eigenvalue weighted by molar-refractivity contribution is 14.1. The van der Waals surface area contributed by atoms with Gasteiger partial charge in [0.15, 0.2) is 10.8 Å². The van der Waals surface area contributed by atoms with Crippen molar-refractivity contribution >= 4 is 55.7 Å². The molecule has 0 atom stereocenters. The van der Waals surface area contributed by atoms with Gasteiger partial charge in [-0.3, -0.25) is 4.72 Å². The van der Waals surface area contributed by atoms with Gasteiger partial charge >= 0.3 is 0 Å². The Balaban J connectivity index is 2.42. The smallest absolute Gasteiger partial charge is 0.281 e. The number of nitrogen functional groups attached to an aromatic ring is 1. The van der Waals surface area contributed by atoms with Gasteiger partial charge in [-0.15, -0.1) is 0 Å². The lowest BCUT2D eigenvalue weighted by Crippen LogP contribution is -2.18. The maximum absolute atomic E-state index is 12.3. The van der Waals surface area contributed by atoms with Crippen molar-refractivity contribution in [1.29, 1.82) is 0 Å². The molecule has 1 aromatic heterocycles. The molecule has 0 spiro atoms. The lowest BCUT2D eigenvalue weighted by molar-refractivity contribution is 0.592. The van der Waals surface area contributed by atoms with Crippen molar-refractivity contribution in [2.24, 2.45) is 7.05 Å². The van der Waals surface area contributed by atoms with Crippen molar-refractivity contribution in [1.82, 2.24) is 9.55 Å². The first kappa shape index (κ1) is 14.4. The quantitative estimate of drug-likeness (QED) is 0.755. The second kappa shape index (κ2) is 5.17. The Morgan fingerprint density at radius 3 is 2.68 bits per heavy atom. The standard InChI is InChI=1S/C10H10ClIN4O2S/c1-16-5-14-9(13)10(16)19(17,18)15-8-3-2-6(11)4-7(8)12/h2-5,15H,13H2,1H3. The summed E-state index contributed by atoms with van der Waals surface area (Å²) in [6, 6.07) is 4.86. The molecule has 0 unspecified atom stereocenters. The molecule has 9 heteroatoms. The van der Waals surface area contributed by atoms with Crippen LogP contribution in [0.5, 0.6) is 0 Å². The first-order valence-corrected chi connectivity index (χ1v) is 8.00. The zero-order valence-corrected chi connectivity index (χ0v) is 13.5. The normalized spacial score (nSPS) is 11.5. The number of benzene rings is 1. The Labute approximate surface area is 129 Å². The highest BCUT2D eigenvalue weighted by atomic mass is 127. The van der Waals surface area contributed by atoms with Gasteiger partial charge in [-0.2, -0.15) is 8.42 Å². The second-order valence-electron chi connectivity index (χ2n) is 3.78. The fraction of sp³-hybridized carbons (Fsp3) is 0.100. The molecule has 0 aliphatic carbocycles. The number of nitrogens with zero attached hydrogens (tertiary/aromatic N) is 2. The number of rotatable bonds is 3. The van der Waals surface area contributed by atoms with Gasteiger partial charge in [0.2, 0.25) is 0 Å². The Morgan fingerprint density at radius 2 is 2.16 bits per heavy atom. The zero-order valence-electron chi connectivity index (χ0n) is 9.76. The highest BCUT2D eigenvalue weighted by Gasteiger charge is 2.23. The summed E-state index contributed by atoms with van der Waals surface area (Å²) in [6.07, 6.45) is 1.34. The van der Waals surface area contributed by atoms with Crippen LogP contribution in [-0.2, 0) is 17.1 Å². The first-order chi connectivity index (χ1) is 8.81. The van der Waals surface area contributed by atoms with Crippen LogP contribution >= 0.6 is 34.2 Å². The molecule has 0 aliphatic heterocycles. The van der Waals surface area contributed by atoms with Crippen LogP contribution in [0, 0.1) is 3.57 Å². The molecule has 3 N–H and O–H groups in total. The average Bonchev–Trinajstić information content (AvgIpc) is 2.63. The first-order valence-electron chi connectivity index (χ1n) is 5.06. The molecule has 0 bridgehead atoms. The minimum absolute atomic E-state index is 0.0426. The van der Waals surface area contributed by atoms with E-state index in [0.717, 1.165) is 0 Å². The third kappa shape index (κ3) is 2.95. The van der Waals surface area contributed by atoms with Gasteiger partial charge in [0.25, 0.3) is 10.0 Å². The number of sulfonamides is 1. The molecule has 19 heavy (non-hydrogen) atoms. The number of hydrogen-bond donors (Lipinski definition) is 2. The lowest BCUT2D eigenvalue weighted by Gasteiger charge is -2.10. The minimum Gasteiger partial charge on any atom is -0.381 e. The van der Waals surface area contributed by atoms with Crippen LogP contribution < -0.4 is 10.5 Å². The molecule has 0 radical (unpaired) electrons. The summed E-state index contributed by atoms with van der Waals surface area (Å²) in [5, 5.41) is 0.464. The summed E-state index contributed by atoms with van der Waals surface area (Å²) >= 11 is 7.82. The molecular weight excluding hydrogens is 403 g/mol. The maximum atomic E-state index is 12.3. The van der Waals surface area contributed by atoms with Gasteiger partial charge in [-0.05, 0) is 40.8 Å². The molecule has 0 saturated carbocycles. The van der Waals surface area contributed by atoms with Crippen molar-refractivity contribution in [3.05, 3.63) is 33.1 Å². The average molecular weight is 413 g/mol. The van der Waals surface area contributed by atoms with E-state index in [9.17, 15) is 8.42 Å². The van der Waals surface area contributed by atoms with Crippen molar-refractivity contribution in [2.75, 3.05) is 10.5 Å². The van der Waals surface area contributed by atoms with Crippen molar-refractivity contribution in [3.8, 4) is 0 Å². The number of halogens is 2. The summed E-state index contributed by atoms with van der Waals surface area (Å²) < 4.78 is 29.0. The minimum atomic E-state index is -3.79. The third-order valence-electron chi connectivity index (χ3n) is 2.34. The Bertz CT molecular complexity index is 710. The molecule has 0 aliphatic rings. The molecule has 2 aromatic rings. The number of hydrogen-bond acceptors (Lipinski definition) is 4. The molecule has 2 rings (SSSR count). The van der Waals surface area contributed by atoms with Crippen LogP contribution in [0.4, 0.5) is 11.5 Å². The zero-order chi connectivity index (χ0) is 14.2. The molecule has 0 saturated heterocycles. The topological polar surface area (TPSA) is 90.0 Å². The molecule has 0 amide bonds. The fourth-order valence-corrected chi connectivity index (χ4v) is 4.04. The molecule has 1 aromatic carbocycles. The van der Waals surface area contributed by atoms with Gasteiger partial charge in [0, 0.05) is 15.6 Å². The number of nitrogens with two attached hydrogens (primary N) is 1. The van der Waals surface area contributed by atoms with E-state index >= 15 is 0 Å². The van der Waals surface area contributed by atoms with Crippen molar-refractivity contribution < 1.29 is 8.42 Å². The molecular formula is C10H10ClIN4O2S. The molecule has 6 nitrogen and oxygen atoms in total. The Morgan fingerprint density at radius 1 is 1.47 bits per heavy atom. The van der Waals surface area contributed by atoms with Gasteiger partial charge in [-0.25, -0.2) is 4.98 Å². The summed E-state index contributed by atoms with van der Waals surface area (Å²) in [4.78, 5) is 3.76. The fourth-order valence-electron chi connectivity index (χ4n) is 1.53. The molecule has 102 valence electrons. The summed E-state index contributed by atoms with van der Waals surface area (Å²) in [5.41, 5.74) is 6.00. The number of anilines is 2. The predicted molar refractivity (Wildman–Crippen MR) is 82.6 cm³/mol. The number of nitrogens with one attached hydrogen (secondary N) is 1. The predicted octanol–water partition coefficient (Wildman–Crippen LogP) is 2.06. The summed E-state index contributed by atoms with van der Waals surface area (Å²) in [7, 11) is -2.23. The van der Waals surface area contributed by atoms with E-state index in [0.29, 0.717) is 14.3 Å². The van der Waals surface area contributed by atoms with E-state index in [1.54, 1.807) is 25.2 Å². The van der Waals surface area contributed by atoms with Crippen LogP contribution in [-0.4, -0.2) is 18.0 Å². The molecule has 0 fully saturated rings. The van der Waals surface area contributed by atoms with Gasteiger partial charge in [0.1, 0.15) is 0 Å². The van der Waals surface area contributed by atoms with E-state index in [1.165, 1.54) is 10.9 Å². The largest absolute Gasteiger partial charge is 0.381 e. The van der Waals surface area contributed by atoms with Crippen molar-refractivity contribution in [3.63, 3.8) is 0 Å². The maximum Gasteiger partial charge on any atom is 0.281 e. The Kier molecular flexibility index (Phi) is 3.92. The van der Waals surface area contributed by atoms with Crippen LogP contribution in [0.2, 0.25) is 5.02 Å². The highest BCUT2D eigenvalue weighted by Crippen LogP contribution is 2.26. The van der Waals surface area contributed by atoms with Gasteiger partial charge < -0.3 is 10.3 Å². The van der Waals surface area contributed by atoms with Gasteiger partial charge in [-0.1, -0.05) is 11.6 Å². The second-order valence-corrected chi connectivity index (χ2v) is 6.97. The summed E-state index contributed by atoms with van der Waals surface area (Å²) in [5.74, 6) is -0.0426. The number of aryl methyl sites for hydroxylation is 1. The monoisotopic (exact) mass is 412 g/mol. The SMILES string of the molecule is Cn1cnc(N)c1S(=O)(=O)Nc1ccc(Cl)cc1I. The van der Waals surface area contributed by atoms with Crippen LogP contribution in [0.3, 0.4) is 0 Å². The van der Waals surface area contributed by atoms with E-state index in [2.05, 4.69) is 9.71 Å². The number of imidazole rings is 1. The van der Waals surface area contributed by atoms with E-state index < -0.39 is 10.0 Å². The summed E-state index contributed by atoms with van der Waals surface area (Å²) in [6.45, 7) is 0. The number of aromatic nitrogens is 2.